The van der Waals surface area contributed by atoms with Crippen molar-refractivity contribution >= 4 is 33.1 Å². The summed E-state index contributed by atoms with van der Waals surface area (Å²) in [7, 11) is 0. The van der Waals surface area contributed by atoms with Gasteiger partial charge < -0.3 is 10.8 Å². The summed E-state index contributed by atoms with van der Waals surface area (Å²) >= 11 is 5.00. The van der Waals surface area contributed by atoms with E-state index >= 15 is 0 Å². The van der Waals surface area contributed by atoms with Gasteiger partial charge in [0, 0.05) is 17.0 Å². The molecule has 2 aromatic heterocycles. The molecule has 0 fully saturated rings. The van der Waals surface area contributed by atoms with E-state index in [1.54, 1.807) is 16.0 Å². The van der Waals surface area contributed by atoms with Gasteiger partial charge in [-0.25, -0.2) is 4.68 Å². The van der Waals surface area contributed by atoms with Crippen LogP contribution in [0.1, 0.15) is 0 Å². The fraction of sp³-hybridized carbons (Fsp3) is 0.222. The third kappa shape index (κ3) is 2.22. The SMILES string of the molecule is Nc1cc(-c2csc(Br)c2)nn1CCO. The summed E-state index contributed by atoms with van der Waals surface area (Å²) in [5.41, 5.74) is 7.63. The first-order valence-corrected chi connectivity index (χ1v) is 6.06. The maximum Gasteiger partial charge on any atom is 0.122 e. The maximum atomic E-state index is 8.81. The molecule has 0 aliphatic heterocycles. The summed E-state index contributed by atoms with van der Waals surface area (Å²) in [6.07, 6.45) is 0. The van der Waals surface area contributed by atoms with Crippen LogP contribution in [0.2, 0.25) is 0 Å². The van der Waals surface area contributed by atoms with Crippen molar-refractivity contribution in [1.29, 1.82) is 0 Å². The number of aliphatic hydroxyl groups excluding tert-OH is 1. The highest BCUT2D eigenvalue weighted by Gasteiger charge is 2.08. The van der Waals surface area contributed by atoms with E-state index in [9.17, 15) is 0 Å². The van der Waals surface area contributed by atoms with Gasteiger partial charge in [-0.2, -0.15) is 5.10 Å². The topological polar surface area (TPSA) is 64.1 Å². The quantitative estimate of drug-likeness (QED) is 0.907. The lowest BCUT2D eigenvalue weighted by Gasteiger charge is -1.98. The molecule has 0 radical (unpaired) electrons. The summed E-state index contributed by atoms with van der Waals surface area (Å²) in [4.78, 5) is 0. The number of nitrogens with zero attached hydrogens (tertiary/aromatic N) is 2. The minimum absolute atomic E-state index is 0.0403. The van der Waals surface area contributed by atoms with Crippen LogP contribution < -0.4 is 5.73 Å². The molecule has 15 heavy (non-hydrogen) atoms. The van der Waals surface area contributed by atoms with E-state index in [0.717, 1.165) is 15.0 Å². The van der Waals surface area contributed by atoms with E-state index in [1.807, 2.05) is 17.5 Å². The Balaban J connectivity index is 2.33. The lowest BCUT2D eigenvalue weighted by atomic mass is 10.2. The highest BCUT2D eigenvalue weighted by Crippen LogP contribution is 2.28. The first-order valence-electron chi connectivity index (χ1n) is 4.39. The second-order valence-corrected chi connectivity index (χ2v) is 5.33. The normalized spacial score (nSPS) is 10.8. The number of nitrogens with two attached hydrogens (primary N) is 1. The fourth-order valence-corrected chi connectivity index (χ4v) is 2.44. The van der Waals surface area contributed by atoms with Crippen molar-refractivity contribution in [1.82, 2.24) is 9.78 Å². The Morgan fingerprint density at radius 3 is 2.93 bits per heavy atom. The minimum atomic E-state index is 0.0403. The molecule has 0 saturated heterocycles. The lowest BCUT2D eigenvalue weighted by Crippen LogP contribution is -2.07. The number of aliphatic hydroxyl groups is 1. The van der Waals surface area contributed by atoms with Gasteiger partial charge in [-0.3, -0.25) is 0 Å². The van der Waals surface area contributed by atoms with Crippen molar-refractivity contribution in [2.75, 3.05) is 12.3 Å². The van der Waals surface area contributed by atoms with Crippen LogP contribution in [-0.2, 0) is 6.54 Å². The number of aromatic nitrogens is 2. The van der Waals surface area contributed by atoms with Crippen LogP contribution in [0.15, 0.2) is 21.3 Å². The first kappa shape index (κ1) is 10.7. The van der Waals surface area contributed by atoms with E-state index in [1.165, 1.54) is 0 Å². The summed E-state index contributed by atoms with van der Waals surface area (Å²) in [6.45, 7) is 0.468. The highest BCUT2D eigenvalue weighted by molar-refractivity contribution is 9.11. The zero-order valence-corrected chi connectivity index (χ0v) is 10.3. The molecule has 0 spiro atoms. The molecule has 0 amide bonds. The molecule has 2 aromatic rings. The Kier molecular flexibility index (Phi) is 3.08. The average Bonchev–Trinajstić information content (AvgIpc) is 2.75. The molecular weight excluding hydrogens is 278 g/mol. The van der Waals surface area contributed by atoms with Gasteiger partial charge in [0.15, 0.2) is 0 Å². The van der Waals surface area contributed by atoms with Gasteiger partial charge in [0.25, 0.3) is 0 Å². The molecule has 4 nitrogen and oxygen atoms in total. The molecule has 80 valence electrons. The lowest BCUT2D eigenvalue weighted by molar-refractivity contribution is 0.270. The highest BCUT2D eigenvalue weighted by atomic mass is 79.9. The second kappa shape index (κ2) is 4.34. The molecular formula is C9H10BrN3OS. The van der Waals surface area contributed by atoms with Crippen LogP contribution in [0.4, 0.5) is 5.82 Å². The first-order chi connectivity index (χ1) is 7.20. The summed E-state index contributed by atoms with van der Waals surface area (Å²) in [6, 6.07) is 3.81. The predicted octanol–water partition coefficient (Wildman–Crippen LogP) is 1.95. The molecule has 0 aliphatic rings. The van der Waals surface area contributed by atoms with Crippen molar-refractivity contribution in [2.45, 2.75) is 6.54 Å². The monoisotopic (exact) mass is 287 g/mol. The third-order valence-electron chi connectivity index (χ3n) is 1.99. The fourth-order valence-electron chi connectivity index (χ4n) is 1.29. The second-order valence-electron chi connectivity index (χ2n) is 3.04. The Morgan fingerprint density at radius 2 is 2.33 bits per heavy atom. The molecule has 3 N–H and O–H groups in total. The van der Waals surface area contributed by atoms with Crippen molar-refractivity contribution in [3.63, 3.8) is 0 Å². The maximum absolute atomic E-state index is 8.81. The van der Waals surface area contributed by atoms with Crippen molar-refractivity contribution in [2.24, 2.45) is 0 Å². The number of halogens is 1. The van der Waals surface area contributed by atoms with Crippen molar-refractivity contribution < 1.29 is 5.11 Å². The van der Waals surface area contributed by atoms with Crippen LogP contribution in [0.5, 0.6) is 0 Å². The van der Waals surface area contributed by atoms with Crippen LogP contribution in [0.3, 0.4) is 0 Å². The number of nitrogen functional groups attached to an aromatic ring is 1. The summed E-state index contributed by atoms with van der Waals surface area (Å²) in [5.74, 6) is 0.571. The molecule has 2 rings (SSSR count). The van der Waals surface area contributed by atoms with E-state index < -0.39 is 0 Å². The Hall–Kier alpha value is -0.850. The predicted molar refractivity (Wildman–Crippen MR) is 64.7 cm³/mol. The molecule has 0 aromatic carbocycles. The Morgan fingerprint density at radius 1 is 1.53 bits per heavy atom. The van der Waals surface area contributed by atoms with E-state index in [2.05, 4.69) is 21.0 Å². The van der Waals surface area contributed by atoms with Crippen LogP contribution in [-0.4, -0.2) is 21.5 Å². The van der Waals surface area contributed by atoms with Crippen LogP contribution in [0.25, 0.3) is 11.3 Å². The zero-order valence-electron chi connectivity index (χ0n) is 7.85. The average molecular weight is 288 g/mol. The third-order valence-corrected chi connectivity index (χ3v) is 3.49. The Labute approximate surface area is 99.5 Å². The molecule has 2 heterocycles. The van der Waals surface area contributed by atoms with Crippen molar-refractivity contribution in [3.05, 3.63) is 21.3 Å². The summed E-state index contributed by atoms with van der Waals surface area (Å²) in [5, 5.41) is 15.1. The molecule has 0 saturated carbocycles. The minimum Gasteiger partial charge on any atom is -0.394 e. The van der Waals surface area contributed by atoms with Gasteiger partial charge in [-0.15, -0.1) is 11.3 Å². The largest absolute Gasteiger partial charge is 0.394 e. The van der Waals surface area contributed by atoms with E-state index in [-0.39, 0.29) is 6.61 Å². The smallest absolute Gasteiger partial charge is 0.122 e. The van der Waals surface area contributed by atoms with Crippen LogP contribution in [0, 0.1) is 0 Å². The van der Waals surface area contributed by atoms with Crippen molar-refractivity contribution in [3.8, 4) is 11.3 Å². The van der Waals surface area contributed by atoms with Gasteiger partial charge in [0.2, 0.25) is 0 Å². The van der Waals surface area contributed by atoms with Gasteiger partial charge >= 0.3 is 0 Å². The van der Waals surface area contributed by atoms with Crippen LogP contribution >= 0.6 is 27.3 Å². The zero-order chi connectivity index (χ0) is 10.8. The number of hydrogen-bond acceptors (Lipinski definition) is 4. The van der Waals surface area contributed by atoms with Gasteiger partial charge in [0.1, 0.15) is 5.82 Å². The molecule has 0 bridgehead atoms. The van der Waals surface area contributed by atoms with Gasteiger partial charge in [0.05, 0.1) is 22.6 Å². The van der Waals surface area contributed by atoms with E-state index in [4.69, 9.17) is 10.8 Å². The van der Waals surface area contributed by atoms with E-state index in [0.29, 0.717) is 12.4 Å². The molecule has 0 atom stereocenters. The molecule has 0 aliphatic carbocycles. The van der Waals surface area contributed by atoms with Gasteiger partial charge in [-0.1, -0.05) is 0 Å². The van der Waals surface area contributed by atoms with Gasteiger partial charge in [-0.05, 0) is 22.0 Å². The summed E-state index contributed by atoms with van der Waals surface area (Å²) < 4.78 is 2.66. The molecule has 6 heteroatoms. The number of rotatable bonds is 3. The number of thiophene rings is 1. The Bertz CT molecular complexity index is 466. The standard InChI is InChI=1S/C9H10BrN3OS/c10-8-3-6(5-15-8)7-4-9(11)13(12-7)1-2-14/h3-5,14H,1-2,11H2. The number of anilines is 1. The molecule has 0 unspecified atom stereocenters. The number of hydrogen-bond donors (Lipinski definition) is 2.